The Kier molecular flexibility index (Phi) is 5.51. The van der Waals surface area contributed by atoms with Crippen LogP contribution in [0.2, 0.25) is 0 Å². The number of aliphatic imine (C=N–C) groups is 1. The van der Waals surface area contributed by atoms with Crippen molar-refractivity contribution in [3.63, 3.8) is 0 Å². The molecular weight excluding hydrogens is 424 g/mol. The van der Waals surface area contributed by atoms with E-state index in [4.69, 9.17) is 5.73 Å². The van der Waals surface area contributed by atoms with Crippen LogP contribution in [0.15, 0.2) is 29.3 Å². The second kappa shape index (κ2) is 8.21. The van der Waals surface area contributed by atoms with Gasteiger partial charge in [-0.3, -0.25) is 14.4 Å². The highest BCUT2D eigenvalue weighted by Crippen LogP contribution is 2.44. The molecule has 2 unspecified atom stereocenters. The summed E-state index contributed by atoms with van der Waals surface area (Å²) in [6.07, 6.45) is 5.90. The van der Waals surface area contributed by atoms with E-state index in [1.807, 2.05) is 23.1 Å². The van der Waals surface area contributed by atoms with Crippen molar-refractivity contribution < 1.29 is 14.4 Å². The first-order chi connectivity index (χ1) is 15.4. The summed E-state index contributed by atoms with van der Waals surface area (Å²) in [6, 6.07) is 8.08. The van der Waals surface area contributed by atoms with Crippen molar-refractivity contribution in [2.24, 2.45) is 16.6 Å². The molecule has 8 heteroatoms. The van der Waals surface area contributed by atoms with Crippen LogP contribution in [0.4, 0.5) is 0 Å². The minimum absolute atomic E-state index is 0.0226. The quantitative estimate of drug-likeness (QED) is 0.755. The van der Waals surface area contributed by atoms with Crippen molar-refractivity contribution in [3.8, 4) is 0 Å². The van der Waals surface area contributed by atoms with Crippen LogP contribution in [0.25, 0.3) is 0 Å². The Bertz CT molecular complexity index is 981. The summed E-state index contributed by atoms with van der Waals surface area (Å²) < 4.78 is 0. The molecule has 5 rings (SSSR count). The molecule has 170 valence electrons. The third-order valence-electron chi connectivity index (χ3n) is 7.61. The molecule has 2 N–H and O–H groups in total. The molecule has 3 fully saturated rings. The predicted octanol–water partition coefficient (Wildman–Crippen LogP) is 2.75. The lowest BCUT2D eigenvalue weighted by molar-refractivity contribution is -0.138. The molecule has 1 aromatic carbocycles. The third kappa shape index (κ3) is 3.72. The number of thioether (sulfide) groups is 1. The van der Waals surface area contributed by atoms with Crippen LogP contribution in [0.3, 0.4) is 0 Å². The molecule has 1 spiro atoms. The fraction of sp³-hybridized carbons (Fsp3) is 0.583. The number of carbonyl (C=O) groups excluding carboxylic acids is 3. The second-order valence-electron chi connectivity index (χ2n) is 9.59. The number of hydrogen-bond acceptors (Lipinski definition) is 5. The Morgan fingerprint density at radius 3 is 2.53 bits per heavy atom. The van der Waals surface area contributed by atoms with E-state index in [0.717, 1.165) is 37.8 Å². The Hall–Kier alpha value is -2.35. The van der Waals surface area contributed by atoms with Gasteiger partial charge in [0, 0.05) is 30.7 Å². The topological polar surface area (TPSA) is 96.1 Å². The summed E-state index contributed by atoms with van der Waals surface area (Å²) in [5.74, 6) is -0.116. The molecule has 3 aliphatic heterocycles. The minimum Gasteiger partial charge on any atom is -0.378 e. The summed E-state index contributed by atoms with van der Waals surface area (Å²) in [5.41, 5.74) is 7.55. The van der Waals surface area contributed by atoms with E-state index in [9.17, 15) is 14.4 Å². The van der Waals surface area contributed by atoms with Crippen LogP contribution in [0.5, 0.6) is 0 Å². The maximum absolute atomic E-state index is 13.6. The minimum atomic E-state index is -0.526. The van der Waals surface area contributed by atoms with Crippen LogP contribution in [0, 0.1) is 5.92 Å². The lowest BCUT2D eigenvalue weighted by Gasteiger charge is -2.45. The van der Waals surface area contributed by atoms with Crippen LogP contribution in [0.1, 0.15) is 67.3 Å². The molecule has 1 aliphatic carbocycles. The largest absolute Gasteiger partial charge is 0.378 e. The molecule has 0 radical (unpaired) electrons. The summed E-state index contributed by atoms with van der Waals surface area (Å²) >= 11 is 1.18. The van der Waals surface area contributed by atoms with Crippen LogP contribution >= 0.6 is 11.8 Å². The van der Waals surface area contributed by atoms with Gasteiger partial charge in [0.1, 0.15) is 5.25 Å². The zero-order valence-corrected chi connectivity index (χ0v) is 19.3. The van der Waals surface area contributed by atoms with Crippen molar-refractivity contribution in [2.75, 3.05) is 19.6 Å². The van der Waals surface area contributed by atoms with E-state index in [-0.39, 0.29) is 28.4 Å². The maximum atomic E-state index is 13.6. The van der Waals surface area contributed by atoms with E-state index in [2.05, 4.69) is 16.0 Å². The molecule has 4 aliphatic rings. The maximum Gasteiger partial charge on any atom is 0.262 e. The average molecular weight is 455 g/mol. The number of hydrogen-bond donors (Lipinski definition) is 1. The predicted molar refractivity (Wildman–Crippen MR) is 124 cm³/mol. The first-order valence-corrected chi connectivity index (χ1v) is 12.5. The van der Waals surface area contributed by atoms with Crippen molar-refractivity contribution in [1.29, 1.82) is 0 Å². The number of nitrogens with two attached hydrogens (primary N) is 1. The molecule has 7 nitrogen and oxygen atoms in total. The zero-order valence-electron chi connectivity index (χ0n) is 18.5. The molecule has 32 heavy (non-hydrogen) atoms. The lowest BCUT2D eigenvalue weighted by Crippen LogP contribution is -2.56. The molecule has 3 heterocycles. The Labute approximate surface area is 192 Å². The summed E-state index contributed by atoms with van der Waals surface area (Å²) in [5, 5.41) is -0.286. The molecular formula is C24H30N4O3S. The highest BCUT2D eigenvalue weighted by molar-refractivity contribution is 8.15. The monoisotopic (exact) mass is 454 g/mol. The van der Waals surface area contributed by atoms with Crippen LogP contribution in [-0.2, 0) is 9.59 Å². The van der Waals surface area contributed by atoms with E-state index in [1.54, 1.807) is 6.92 Å². The van der Waals surface area contributed by atoms with Gasteiger partial charge >= 0.3 is 0 Å². The van der Waals surface area contributed by atoms with Crippen molar-refractivity contribution in [3.05, 3.63) is 35.4 Å². The van der Waals surface area contributed by atoms with E-state index >= 15 is 0 Å². The van der Waals surface area contributed by atoms with Gasteiger partial charge in [-0.2, -0.15) is 4.99 Å². The van der Waals surface area contributed by atoms with Crippen LogP contribution < -0.4 is 5.73 Å². The molecule has 0 aromatic heterocycles. The van der Waals surface area contributed by atoms with Gasteiger partial charge in [0.15, 0.2) is 5.17 Å². The van der Waals surface area contributed by atoms with Gasteiger partial charge in [-0.15, -0.1) is 0 Å². The van der Waals surface area contributed by atoms with E-state index < -0.39 is 11.2 Å². The van der Waals surface area contributed by atoms with Gasteiger partial charge in [-0.1, -0.05) is 36.9 Å². The van der Waals surface area contributed by atoms with Crippen LogP contribution in [-0.4, -0.2) is 63.1 Å². The molecule has 2 saturated heterocycles. The standard InChI is InChI=1S/C24H30N4O3S/c1-15(19-20(29)26-23(25)32-19)21(30)27-13-10-24(11-14-27)9-4-12-28(24)22(31)18-6-3-2-5-17(18)16-7-8-16/h2-3,5-6,15-16,19H,4,7-14H2,1H3,(H2,25,26,29). The highest BCUT2D eigenvalue weighted by atomic mass is 32.2. The Balaban J connectivity index is 1.27. The number of carbonyl (C=O) groups is 3. The fourth-order valence-electron chi connectivity index (χ4n) is 5.62. The van der Waals surface area contributed by atoms with Gasteiger partial charge < -0.3 is 15.5 Å². The summed E-state index contributed by atoms with van der Waals surface area (Å²) in [7, 11) is 0. The molecule has 1 aromatic rings. The SMILES string of the molecule is CC(C(=O)N1CCC2(CCCN2C(=O)c2ccccc2C2CC2)CC1)C1SC(N)=NC1=O. The van der Waals surface area contributed by atoms with Crippen molar-refractivity contribution >= 4 is 34.7 Å². The van der Waals surface area contributed by atoms with E-state index in [0.29, 0.717) is 19.0 Å². The third-order valence-corrected chi connectivity index (χ3v) is 8.81. The van der Waals surface area contributed by atoms with Gasteiger partial charge in [0.05, 0.1) is 5.92 Å². The molecule has 0 bridgehead atoms. The van der Waals surface area contributed by atoms with E-state index in [1.165, 1.54) is 30.2 Å². The van der Waals surface area contributed by atoms with Gasteiger partial charge in [0.2, 0.25) is 5.91 Å². The molecule has 3 amide bonds. The summed E-state index contributed by atoms with van der Waals surface area (Å²) in [4.78, 5) is 46.5. The number of amides is 3. The zero-order chi connectivity index (χ0) is 22.5. The van der Waals surface area contributed by atoms with Gasteiger partial charge in [-0.25, -0.2) is 0 Å². The first kappa shape index (κ1) is 21.5. The number of rotatable bonds is 4. The van der Waals surface area contributed by atoms with Gasteiger partial charge in [0.25, 0.3) is 11.8 Å². The second-order valence-corrected chi connectivity index (χ2v) is 10.7. The normalized spacial score (nSPS) is 25.8. The highest BCUT2D eigenvalue weighted by Gasteiger charge is 2.48. The molecule has 1 saturated carbocycles. The van der Waals surface area contributed by atoms with Crippen molar-refractivity contribution in [2.45, 2.75) is 62.2 Å². The smallest absolute Gasteiger partial charge is 0.262 e. The Morgan fingerprint density at radius 1 is 1.16 bits per heavy atom. The number of likely N-dealkylation sites (tertiary alicyclic amines) is 2. The first-order valence-electron chi connectivity index (χ1n) is 11.6. The number of benzene rings is 1. The summed E-state index contributed by atoms with van der Waals surface area (Å²) in [6.45, 7) is 3.79. The Morgan fingerprint density at radius 2 is 1.88 bits per heavy atom. The lowest BCUT2D eigenvalue weighted by atomic mass is 9.84. The van der Waals surface area contributed by atoms with Gasteiger partial charge in [-0.05, 0) is 56.1 Å². The number of nitrogens with zero attached hydrogens (tertiary/aromatic N) is 3. The fourth-order valence-corrected chi connectivity index (χ4v) is 6.50. The number of piperidine rings is 1. The average Bonchev–Trinajstić information content (AvgIpc) is 3.49. The van der Waals surface area contributed by atoms with Crippen molar-refractivity contribution in [1.82, 2.24) is 9.80 Å². The number of amidine groups is 1. The molecule has 2 atom stereocenters.